The molecule has 0 spiro atoms. The van der Waals surface area contributed by atoms with Gasteiger partial charge >= 0.3 is 0 Å². The molecule has 2 fully saturated rings. The Kier molecular flexibility index (Phi) is 6.51. The van der Waals surface area contributed by atoms with Gasteiger partial charge in [0.05, 0.1) is 0 Å². The van der Waals surface area contributed by atoms with E-state index in [0.717, 1.165) is 11.3 Å². The Morgan fingerprint density at radius 3 is 1.78 bits per heavy atom. The van der Waals surface area contributed by atoms with E-state index in [1.807, 2.05) is 7.05 Å². The van der Waals surface area contributed by atoms with Crippen LogP contribution in [0.25, 0.3) is 11.1 Å². The minimum atomic E-state index is -0.0817. The van der Waals surface area contributed by atoms with Crippen molar-refractivity contribution in [2.75, 3.05) is 12.4 Å². The summed E-state index contributed by atoms with van der Waals surface area (Å²) in [5.74, 6) is 0. The van der Waals surface area contributed by atoms with Crippen molar-refractivity contribution in [2.45, 2.75) is 75.5 Å². The summed E-state index contributed by atoms with van der Waals surface area (Å²) in [6, 6.07) is 18.3. The average molecular weight is 380 g/mol. The van der Waals surface area contributed by atoms with Crippen molar-refractivity contribution in [2.24, 2.45) is 0 Å². The molecule has 2 aliphatic rings. The lowest BCUT2D eigenvalue weighted by atomic mass is 9.99. The Labute approximate surface area is 166 Å². The summed E-state index contributed by atoms with van der Waals surface area (Å²) in [5, 5.41) is 5.12. The molecule has 2 aromatic rings. The summed E-state index contributed by atoms with van der Waals surface area (Å²) < 4.78 is 0. The Balaban J connectivity index is 1.77. The van der Waals surface area contributed by atoms with Gasteiger partial charge in [-0.1, -0.05) is 88.9 Å². The molecule has 1 N–H and O–H groups in total. The number of rotatable bonds is 5. The zero-order valence-corrected chi connectivity index (χ0v) is 17.7. The van der Waals surface area contributed by atoms with Crippen LogP contribution in [0, 0.1) is 0 Å². The number of anilines is 1. The van der Waals surface area contributed by atoms with Gasteiger partial charge in [0.1, 0.15) is 0 Å². The van der Waals surface area contributed by atoms with Gasteiger partial charge in [0.2, 0.25) is 0 Å². The maximum Gasteiger partial charge on any atom is 0.0417 e. The molecule has 0 unspecified atom stereocenters. The van der Waals surface area contributed by atoms with Gasteiger partial charge in [-0.15, -0.1) is 0 Å². The minimum Gasteiger partial charge on any atom is -0.388 e. The first-order valence-electron chi connectivity index (χ1n) is 11.0. The van der Waals surface area contributed by atoms with E-state index in [2.05, 4.69) is 53.8 Å². The Hall–Kier alpha value is -1.33. The highest BCUT2D eigenvalue weighted by Gasteiger charge is 2.33. The quantitative estimate of drug-likeness (QED) is 0.543. The lowest BCUT2D eigenvalue weighted by molar-refractivity contribution is 0.487. The molecule has 2 saturated carbocycles. The zero-order valence-electron chi connectivity index (χ0n) is 16.8. The monoisotopic (exact) mass is 379 g/mol. The van der Waals surface area contributed by atoms with E-state index in [-0.39, 0.29) is 7.92 Å². The van der Waals surface area contributed by atoms with E-state index >= 15 is 0 Å². The third-order valence-electron chi connectivity index (χ3n) is 6.60. The van der Waals surface area contributed by atoms with Crippen molar-refractivity contribution < 1.29 is 0 Å². The van der Waals surface area contributed by atoms with Crippen molar-refractivity contribution in [1.82, 2.24) is 0 Å². The van der Waals surface area contributed by atoms with E-state index in [9.17, 15) is 0 Å². The number of hydrogen-bond acceptors (Lipinski definition) is 1. The van der Waals surface area contributed by atoms with Crippen molar-refractivity contribution in [3.05, 3.63) is 48.5 Å². The highest BCUT2D eigenvalue weighted by Crippen LogP contribution is 2.56. The summed E-state index contributed by atoms with van der Waals surface area (Å²) in [7, 11) is 1.97. The van der Waals surface area contributed by atoms with Gasteiger partial charge in [-0.05, 0) is 53.9 Å². The molecule has 0 radical (unpaired) electrons. The summed E-state index contributed by atoms with van der Waals surface area (Å²) >= 11 is 0. The van der Waals surface area contributed by atoms with Crippen LogP contribution in [0.3, 0.4) is 0 Å². The first kappa shape index (κ1) is 19.0. The van der Waals surface area contributed by atoms with Crippen molar-refractivity contribution in [3.63, 3.8) is 0 Å². The van der Waals surface area contributed by atoms with Gasteiger partial charge < -0.3 is 5.32 Å². The molecular weight excluding hydrogens is 345 g/mol. The molecule has 2 aliphatic carbocycles. The van der Waals surface area contributed by atoms with Crippen molar-refractivity contribution in [3.8, 4) is 11.1 Å². The maximum atomic E-state index is 3.43. The van der Waals surface area contributed by atoms with Gasteiger partial charge in [-0.3, -0.25) is 0 Å². The number of para-hydroxylation sites is 1. The highest BCUT2D eigenvalue weighted by molar-refractivity contribution is 7.67. The minimum absolute atomic E-state index is 0.0817. The predicted octanol–water partition coefficient (Wildman–Crippen LogP) is 7.17. The van der Waals surface area contributed by atoms with Crippen LogP contribution in [0.2, 0.25) is 0 Å². The zero-order chi connectivity index (χ0) is 18.5. The van der Waals surface area contributed by atoms with Crippen molar-refractivity contribution >= 4 is 18.9 Å². The van der Waals surface area contributed by atoms with Gasteiger partial charge in [0.25, 0.3) is 0 Å². The molecule has 0 aromatic heterocycles. The largest absolute Gasteiger partial charge is 0.388 e. The summed E-state index contributed by atoms with van der Waals surface area (Å²) in [6.45, 7) is 0. The van der Waals surface area contributed by atoms with E-state index < -0.39 is 0 Å². The SMILES string of the molecule is CNc1ccccc1-c1ccccc1P(C1CCCCC1)C1CCCCC1. The molecule has 27 heavy (non-hydrogen) atoms. The average Bonchev–Trinajstić information content (AvgIpc) is 2.76. The standard InChI is InChI=1S/C25H34NP/c1-26-24-18-10-8-16-22(24)23-17-9-11-19-25(23)27(20-12-4-2-5-13-20)21-14-6-3-7-15-21/h8-11,16-21,26H,2-7,12-15H2,1H3. The van der Waals surface area contributed by atoms with Crippen LogP contribution in [0.15, 0.2) is 48.5 Å². The lowest BCUT2D eigenvalue weighted by Crippen LogP contribution is -2.27. The van der Waals surface area contributed by atoms with Gasteiger partial charge in [0, 0.05) is 18.3 Å². The number of nitrogens with one attached hydrogen (secondary N) is 1. The predicted molar refractivity (Wildman–Crippen MR) is 122 cm³/mol. The van der Waals surface area contributed by atoms with Crippen LogP contribution in [0.5, 0.6) is 0 Å². The fourth-order valence-electron chi connectivity index (χ4n) is 5.27. The smallest absolute Gasteiger partial charge is 0.0417 e. The molecule has 0 bridgehead atoms. The molecule has 4 rings (SSSR count). The van der Waals surface area contributed by atoms with Crippen molar-refractivity contribution in [1.29, 1.82) is 0 Å². The molecule has 144 valence electrons. The Bertz CT molecular complexity index is 711. The topological polar surface area (TPSA) is 12.0 Å². The number of hydrogen-bond donors (Lipinski definition) is 1. The van der Waals surface area contributed by atoms with E-state index in [0.29, 0.717) is 0 Å². The molecule has 0 aliphatic heterocycles. The Morgan fingerprint density at radius 2 is 1.19 bits per heavy atom. The van der Waals surface area contributed by atoms with Crippen LogP contribution in [0.4, 0.5) is 5.69 Å². The van der Waals surface area contributed by atoms with Crippen LogP contribution in [0.1, 0.15) is 64.2 Å². The fourth-order valence-corrected chi connectivity index (χ4v) is 9.23. The second-order valence-electron chi connectivity index (χ2n) is 8.30. The van der Waals surface area contributed by atoms with Gasteiger partial charge in [-0.2, -0.15) is 0 Å². The van der Waals surface area contributed by atoms with Gasteiger partial charge in [0.15, 0.2) is 0 Å². The van der Waals surface area contributed by atoms with Crippen LogP contribution in [-0.4, -0.2) is 18.4 Å². The van der Waals surface area contributed by atoms with E-state index in [1.165, 1.54) is 81.0 Å². The molecule has 2 aromatic carbocycles. The molecule has 1 nitrogen and oxygen atoms in total. The van der Waals surface area contributed by atoms with Crippen LogP contribution < -0.4 is 10.6 Å². The van der Waals surface area contributed by atoms with E-state index in [4.69, 9.17) is 0 Å². The first-order valence-corrected chi connectivity index (χ1v) is 12.5. The fraction of sp³-hybridized carbons (Fsp3) is 0.520. The molecule has 0 saturated heterocycles. The molecule has 0 atom stereocenters. The first-order chi connectivity index (χ1) is 13.4. The molecular formula is C25H34NP. The maximum absolute atomic E-state index is 3.43. The third-order valence-corrected chi connectivity index (χ3v) is 10.2. The highest BCUT2D eigenvalue weighted by atomic mass is 31.1. The third kappa shape index (κ3) is 4.24. The molecule has 2 heteroatoms. The van der Waals surface area contributed by atoms with E-state index in [1.54, 1.807) is 5.30 Å². The molecule has 0 heterocycles. The van der Waals surface area contributed by atoms with Crippen LogP contribution in [-0.2, 0) is 0 Å². The Morgan fingerprint density at radius 1 is 0.667 bits per heavy atom. The summed E-state index contributed by atoms with van der Waals surface area (Å²) in [4.78, 5) is 0. The normalized spacial score (nSPS) is 19.3. The number of benzene rings is 2. The van der Waals surface area contributed by atoms with Crippen LogP contribution >= 0.6 is 7.92 Å². The van der Waals surface area contributed by atoms with Gasteiger partial charge in [-0.25, -0.2) is 0 Å². The second kappa shape index (κ2) is 9.24. The molecule has 0 amide bonds. The summed E-state index contributed by atoms with van der Waals surface area (Å²) in [5.41, 5.74) is 6.02. The summed E-state index contributed by atoms with van der Waals surface area (Å²) in [6.07, 6.45) is 14.6. The lowest BCUT2D eigenvalue weighted by Gasteiger charge is -2.39. The second-order valence-corrected chi connectivity index (χ2v) is 11.1.